The highest BCUT2D eigenvalue weighted by molar-refractivity contribution is 7.17. The Balaban J connectivity index is 2.26. The second kappa shape index (κ2) is 4.06. The molecule has 2 aromatic heterocycles. The minimum atomic E-state index is 0.990. The van der Waals surface area contributed by atoms with Crippen molar-refractivity contribution in [3.63, 3.8) is 0 Å². The Hall–Kier alpha value is -1.09. The lowest BCUT2D eigenvalue weighted by atomic mass is 9.94. The SMILES string of the molecule is CCNc1c2c(nc3ccsc13)CCCC2. The Morgan fingerprint density at radius 3 is 3.12 bits per heavy atom. The second-order valence-corrected chi connectivity index (χ2v) is 5.20. The van der Waals surface area contributed by atoms with Gasteiger partial charge in [-0.3, -0.25) is 4.98 Å². The standard InChI is InChI=1S/C13H16N2S/c1-2-14-12-9-5-3-4-6-10(9)15-11-7-8-16-13(11)12/h7-8H,2-6H2,1H3,(H,14,15). The number of fused-ring (bicyclic) bond motifs is 2. The van der Waals surface area contributed by atoms with Crippen molar-refractivity contribution >= 4 is 27.2 Å². The highest BCUT2D eigenvalue weighted by Crippen LogP contribution is 2.35. The quantitative estimate of drug-likeness (QED) is 0.855. The highest BCUT2D eigenvalue weighted by Gasteiger charge is 2.18. The van der Waals surface area contributed by atoms with E-state index in [1.807, 2.05) is 0 Å². The van der Waals surface area contributed by atoms with Gasteiger partial charge < -0.3 is 5.32 Å². The first kappa shape index (κ1) is 10.1. The molecule has 0 saturated carbocycles. The Labute approximate surface area is 99.7 Å². The van der Waals surface area contributed by atoms with Gasteiger partial charge in [-0.25, -0.2) is 0 Å². The molecule has 1 aliphatic carbocycles. The molecule has 0 aliphatic heterocycles. The van der Waals surface area contributed by atoms with Gasteiger partial charge in [0.1, 0.15) is 0 Å². The van der Waals surface area contributed by atoms with Crippen molar-refractivity contribution in [2.45, 2.75) is 32.6 Å². The van der Waals surface area contributed by atoms with Crippen LogP contribution in [0.1, 0.15) is 31.0 Å². The molecule has 0 spiro atoms. The molecule has 0 unspecified atom stereocenters. The van der Waals surface area contributed by atoms with Crippen LogP contribution >= 0.6 is 11.3 Å². The van der Waals surface area contributed by atoms with E-state index in [2.05, 4.69) is 23.7 Å². The van der Waals surface area contributed by atoms with Crippen molar-refractivity contribution in [1.29, 1.82) is 0 Å². The lowest BCUT2D eigenvalue weighted by Gasteiger charge is -2.19. The van der Waals surface area contributed by atoms with Gasteiger partial charge >= 0.3 is 0 Å². The van der Waals surface area contributed by atoms with E-state index in [-0.39, 0.29) is 0 Å². The summed E-state index contributed by atoms with van der Waals surface area (Å²) < 4.78 is 1.34. The molecule has 16 heavy (non-hydrogen) atoms. The number of thiophene rings is 1. The first-order chi connectivity index (χ1) is 7.90. The van der Waals surface area contributed by atoms with E-state index in [1.54, 1.807) is 11.3 Å². The van der Waals surface area contributed by atoms with Gasteiger partial charge in [-0.2, -0.15) is 0 Å². The van der Waals surface area contributed by atoms with Gasteiger partial charge in [-0.15, -0.1) is 11.3 Å². The molecule has 2 heterocycles. The largest absolute Gasteiger partial charge is 0.384 e. The molecule has 2 nitrogen and oxygen atoms in total. The van der Waals surface area contributed by atoms with Gasteiger partial charge in [0.25, 0.3) is 0 Å². The summed E-state index contributed by atoms with van der Waals surface area (Å²) in [6.07, 6.45) is 4.95. The summed E-state index contributed by atoms with van der Waals surface area (Å²) >= 11 is 1.80. The molecule has 0 fully saturated rings. The van der Waals surface area contributed by atoms with Crippen molar-refractivity contribution < 1.29 is 0 Å². The zero-order valence-corrected chi connectivity index (χ0v) is 10.4. The predicted molar refractivity (Wildman–Crippen MR) is 70.4 cm³/mol. The molecule has 0 radical (unpaired) electrons. The Morgan fingerprint density at radius 1 is 1.38 bits per heavy atom. The molecule has 0 saturated heterocycles. The van der Waals surface area contributed by atoms with Crippen molar-refractivity contribution in [3.05, 3.63) is 22.7 Å². The molecule has 1 N–H and O–H groups in total. The fourth-order valence-electron chi connectivity index (χ4n) is 2.51. The number of pyridine rings is 1. The molecule has 3 rings (SSSR count). The van der Waals surface area contributed by atoms with E-state index < -0.39 is 0 Å². The molecule has 1 aliphatic rings. The normalized spacial score (nSPS) is 15.1. The predicted octanol–water partition coefficient (Wildman–Crippen LogP) is 3.61. The van der Waals surface area contributed by atoms with Crippen LogP contribution in [0.15, 0.2) is 11.4 Å². The van der Waals surface area contributed by atoms with E-state index in [9.17, 15) is 0 Å². The minimum absolute atomic E-state index is 0.990. The zero-order chi connectivity index (χ0) is 11.0. The number of nitrogens with one attached hydrogen (secondary N) is 1. The van der Waals surface area contributed by atoms with E-state index in [1.165, 1.54) is 46.4 Å². The van der Waals surface area contributed by atoms with Crippen molar-refractivity contribution in [3.8, 4) is 0 Å². The second-order valence-electron chi connectivity index (χ2n) is 4.28. The Kier molecular flexibility index (Phi) is 2.56. The fourth-order valence-corrected chi connectivity index (χ4v) is 3.39. The maximum atomic E-state index is 4.79. The average Bonchev–Trinajstić information content (AvgIpc) is 2.77. The summed E-state index contributed by atoms with van der Waals surface area (Å²) in [5.74, 6) is 0. The number of hydrogen-bond donors (Lipinski definition) is 1. The van der Waals surface area contributed by atoms with Gasteiger partial charge in [0, 0.05) is 12.2 Å². The third kappa shape index (κ3) is 1.50. The van der Waals surface area contributed by atoms with Gasteiger partial charge in [0.15, 0.2) is 0 Å². The average molecular weight is 232 g/mol. The van der Waals surface area contributed by atoms with Crippen LogP contribution in [-0.2, 0) is 12.8 Å². The molecule has 2 aromatic rings. The summed E-state index contributed by atoms with van der Waals surface area (Å²) in [6, 6.07) is 2.13. The van der Waals surface area contributed by atoms with Crippen LogP contribution in [0.25, 0.3) is 10.2 Å². The summed E-state index contributed by atoms with van der Waals surface area (Å²) in [4.78, 5) is 4.79. The molecule has 0 atom stereocenters. The van der Waals surface area contributed by atoms with Crippen molar-refractivity contribution in [2.75, 3.05) is 11.9 Å². The van der Waals surface area contributed by atoms with Crippen LogP contribution in [0.4, 0.5) is 5.69 Å². The highest BCUT2D eigenvalue weighted by atomic mass is 32.1. The van der Waals surface area contributed by atoms with E-state index >= 15 is 0 Å². The molecule has 0 bridgehead atoms. The van der Waals surface area contributed by atoms with Gasteiger partial charge in [-0.1, -0.05) is 0 Å². The fraction of sp³-hybridized carbons (Fsp3) is 0.462. The minimum Gasteiger partial charge on any atom is -0.384 e. The molecule has 0 amide bonds. The third-order valence-corrected chi connectivity index (χ3v) is 4.14. The number of hydrogen-bond acceptors (Lipinski definition) is 3. The summed E-state index contributed by atoms with van der Waals surface area (Å²) in [7, 11) is 0. The van der Waals surface area contributed by atoms with Crippen LogP contribution in [-0.4, -0.2) is 11.5 Å². The number of aromatic nitrogens is 1. The van der Waals surface area contributed by atoms with E-state index in [0.29, 0.717) is 0 Å². The number of rotatable bonds is 2. The number of anilines is 1. The first-order valence-electron chi connectivity index (χ1n) is 6.03. The van der Waals surface area contributed by atoms with Crippen LogP contribution < -0.4 is 5.32 Å². The summed E-state index contributed by atoms with van der Waals surface area (Å²) in [6.45, 7) is 3.15. The van der Waals surface area contributed by atoms with Crippen LogP contribution in [0.3, 0.4) is 0 Å². The Bertz CT molecular complexity index is 516. The van der Waals surface area contributed by atoms with Crippen molar-refractivity contribution in [1.82, 2.24) is 4.98 Å². The monoisotopic (exact) mass is 232 g/mol. The maximum absolute atomic E-state index is 4.79. The first-order valence-corrected chi connectivity index (χ1v) is 6.91. The Morgan fingerprint density at radius 2 is 2.25 bits per heavy atom. The molecular weight excluding hydrogens is 216 g/mol. The van der Waals surface area contributed by atoms with Gasteiger partial charge in [0.05, 0.1) is 15.9 Å². The van der Waals surface area contributed by atoms with Crippen molar-refractivity contribution in [2.24, 2.45) is 0 Å². The van der Waals surface area contributed by atoms with E-state index in [4.69, 9.17) is 4.98 Å². The maximum Gasteiger partial charge on any atom is 0.0834 e. The lowest BCUT2D eigenvalue weighted by Crippen LogP contribution is -2.10. The topological polar surface area (TPSA) is 24.9 Å². The lowest BCUT2D eigenvalue weighted by molar-refractivity contribution is 0.672. The number of nitrogens with zero attached hydrogens (tertiary/aromatic N) is 1. The summed E-state index contributed by atoms with van der Waals surface area (Å²) in [5, 5.41) is 5.68. The molecule has 0 aromatic carbocycles. The van der Waals surface area contributed by atoms with Gasteiger partial charge in [0.2, 0.25) is 0 Å². The zero-order valence-electron chi connectivity index (χ0n) is 9.55. The van der Waals surface area contributed by atoms with Crippen LogP contribution in [0.2, 0.25) is 0 Å². The summed E-state index contributed by atoms with van der Waals surface area (Å²) in [5.41, 5.74) is 5.33. The molecular formula is C13H16N2S. The van der Waals surface area contributed by atoms with Crippen LogP contribution in [0.5, 0.6) is 0 Å². The van der Waals surface area contributed by atoms with Crippen LogP contribution in [0, 0.1) is 0 Å². The number of aryl methyl sites for hydroxylation is 1. The molecule has 84 valence electrons. The molecule has 3 heteroatoms. The van der Waals surface area contributed by atoms with Gasteiger partial charge in [-0.05, 0) is 49.6 Å². The third-order valence-electron chi connectivity index (χ3n) is 3.22. The van der Waals surface area contributed by atoms with E-state index in [0.717, 1.165) is 13.0 Å². The smallest absolute Gasteiger partial charge is 0.0834 e.